The molecular weight excluding hydrogens is 364 g/mol. The minimum atomic E-state index is -1.07. The average Bonchev–Trinajstić information content (AvgIpc) is 3.03. The van der Waals surface area contributed by atoms with Gasteiger partial charge in [0, 0.05) is 16.7 Å². The number of carboxylic acids is 1. The lowest BCUT2D eigenvalue weighted by Crippen LogP contribution is -2.11. The highest BCUT2D eigenvalue weighted by molar-refractivity contribution is 7.16. The van der Waals surface area contributed by atoms with E-state index < -0.39 is 12.6 Å². The van der Waals surface area contributed by atoms with E-state index in [-0.39, 0.29) is 0 Å². The zero-order valence-electron chi connectivity index (χ0n) is 15.0. The molecule has 1 aromatic carbocycles. The van der Waals surface area contributed by atoms with E-state index in [1.165, 1.54) is 4.88 Å². The lowest BCUT2D eigenvalue weighted by molar-refractivity contribution is -0.139. The van der Waals surface area contributed by atoms with Gasteiger partial charge in [-0.2, -0.15) is 5.26 Å². The zero-order valence-corrected chi connectivity index (χ0v) is 15.8. The summed E-state index contributed by atoms with van der Waals surface area (Å²) < 4.78 is 11.0. The van der Waals surface area contributed by atoms with Crippen molar-refractivity contribution in [2.75, 3.05) is 13.2 Å². The fourth-order valence-electron chi connectivity index (χ4n) is 3.08. The van der Waals surface area contributed by atoms with E-state index >= 15 is 0 Å². The normalized spacial score (nSPS) is 13.2. The Kier molecular flexibility index (Phi) is 6.09. The maximum Gasteiger partial charge on any atom is 0.341 e. The molecule has 27 heavy (non-hydrogen) atoms. The summed E-state index contributed by atoms with van der Waals surface area (Å²) in [5.74, 6) is -0.263. The second-order valence-electron chi connectivity index (χ2n) is 6.05. The highest BCUT2D eigenvalue weighted by atomic mass is 32.1. The first-order chi connectivity index (χ1) is 13.1. The molecule has 0 radical (unpaired) electrons. The van der Waals surface area contributed by atoms with Gasteiger partial charge in [-0.25, -0.2) is 9.79 Å². The molecule has 7 heteroatoms. The zero-order chi connectivity index (χ0) is 19.2. The number of aliphatic carboxylic acids is 1. The van der Waals surface area contributed by atoms with Crippen LogP contribution in [-0.4, -0.2) is 30.5 Å². The molecule has 3 rings (SSSR count). The maximum atomic E-state index is 10.9. The van der Waals surface area contributed by atoms with Gasteiger partial charge in [0.15, 0.2) is 18.1 Å². The molecule has 0 amide bonds. The quantitative estimate of drug-likeness (QED) is 0.725. The highest BCUT2D eigenvalue weighted by Crippen LogP contribution is 2.39. The Hall–Kier alpha value is -2.85. The third-order valence-electron chi connectivity index (χ3n) is 4.23. The van der Waals surface area contributed by atoms with Crippen LogP contribution in [-0.2, 0) is 17.6 Å². The summed E-state index contributed by atoms with van der Waals surface area (Å²) in [6, 6.07) is 7.59. The molecule has 0 bridgehead atoms. The molecule has 2 aromatic rings. The van der Waals surface area contributed by atoms with Crippen LogP contribution >= 0.6 is 11.3 Å². The number of hydrogen-bond donors (Lipinski definition) is 1. The highest BCUT2D eigenvalue weighted by Gasteiger charge is 2.20. The number of nitriles is 1. The molecule has 0 saturated carbocycles. The molecule has 140 valence electrons. The van der Waals surface area contributed by atoms with Gasteiger partial charge in [0.2, 0.25) is 0 Å². The molecule has 1 heterocycles. The Labute approximate surface area is 161 Å². The number of carboxylic acid groups (broad SMARTS) is 1. The number of fused-ring (bicyclic) bond motifs is 1. The molecule has 6 nitrogen and oxygen atoms in total. The summed E-state index contributed by atoms with van der Waals surface area (Å²) in [6.45, 7) is 1.80. The predicted octanol–water partition coefficient (Wildman–Crippen LogP) is 4.11. The molecule has 1 aliphatic rings. The number of rotatable bonds is 7. The van der Waals surface area contributed by atoms with Gasteiger partial charge in [0.1, 0.15) is 11.1 Å². The van der Waals surface area contributed by atoms with Gasteiger partial charge in [-0.3, -0.25) is 0 Å². The Morgan fingerprint density at radius 2 is 2.19 bits per heavy atom. The van der Waals surface area contributed by atoms with Crippen molar-refractivity contribution in [3.05, 3.63) is 39.8 Å². The van der Waals surface area contributed by atoms with E-state index in [0.717, 1.165) is 31.2 Å². The van der Waals surface area contributed by atoms with Crippen LogP contribution in [0, 0.1) is 11.3 Å². The molecule has 0 fully saturated rings. The summed E-state index contributed by atoms with van der Waals surface area (Å²) in [7, 11) is 0. The summed E-state index contributed by atoms with van der Waals surface area (Å²) >= 11 is 1.56. The van der Waals surface area contributed by atoms with E-state index in [9.17, 15) is 10.1 Å². The standard InChI is InChI=1S/C20H20N2O4S/c1-2-25-16-8-5-6-13(19(16)26-12-18(23)24)11-22-20-15(10-21)14-7-3-4-9-17(14)27-20/h5-6,8,11H,2-4,7,9,12H2,1H3,(H,23,24). The van der Waals surface area contributed by atoms with Crippen LogP contribution in [0.4, 0.5) is 5.00 Å². The van der Waals surface area contributed by atoms with Gasteiger partial charge in [-0.05, 0) is 50.3 Å². The topological polar surface area (TPSA) is 91.9 Å². The number of thiophene rings is 1. The first-order valence-electron chi connectivity index (χ1n) is 8.83. The van der Waals surface area contributed by atoms with E-state index in [0.29, 0.717) is 34.2 Å². The van der Waals surface area contributed by atoms with E-state index in [4.69, 9.17) is 14.6 Å². The molecule has 0 aliphatic heterocycles. The van der Waals surface area contributed by atoms with Gasteiger partial charge in [0.05, 0.1) is 12.2 Å². The molecular formula is C20H20N2O4S. The lowest BCUT2D eigenvalue weighted by Gasteiger charge is -2.12. The number of ether oxygens (including phenoxy) is 2. The third kappa shape index (κ3) is 4.29. The lowest BCUT2D eigenvalue weighted by atomic mass is 9.96. The maximum absolute atomic E-state index is 10.9. The average molecular weight is 384 g/mol. The van der Waals surface area contributed by atoms with Crippen LogP contribution in [0.25, 0.3) is 0 Å². The van der Waals surface area contributed by atoms with Gasteiger partial charge in [0.25, 0.3) is 0 Å². The van der Waals surface area contributed by atoms with Crippen molar-refractivity contribution in [3.8, 4) is 17.6 Å². The Morgan fingerprint density at radius 1 is 1.37 bits per heavy atom. The van der Waals surface area contributed by atoms with Crippen LogP contribution < -0.4 is 9.47 Å². The fraction of sp³-hybridized carbons (Fsp3) is 0.350. The minimum Gasteiger partial charge on any atom is -0.490 e. The van der Waals surface area contributed by atoms with Gasteiger partial charge < -0.3 is 14.6 Å². The summed E-state index contributed by atoms with van der Waals surface area (Å²) in [4.78, 5) is 16.7. The number of hydrogen-bond acceptors (Lipinski definition) is 6. The number of para-hydroxylation sites is 1. The molecule has 1 N–H and O–H groups in total. The SMILES string of the molecule is CCOc1cccc(C=Nc2sc3c(c2C#N)CCCC3)c1OCC(=O)O. The third-order valence-corrected chi connectivity index (χ3v) is 5.43. The van der Waals surface area contributed by atoms with Crippen molar-refractivity contribution < 1.29 is 19.4 Å². The van der Waals surface area contributed by atoms with Crippen LogP contribution in [0.5, 0.6) is 11.5 Å². The smallest absolute Gasteiger partial charge is 0.341 e. The molecule has 0 atom stereocenters. The number of benzene rings is 1. The van der Waals surface area contributed by atoms with Gasteiger partial charge >= 0.3 is 5.97 Å². The van der Waals surface area contributed by atoms with E-state index in [1.807, 2.05) is 6.92 Å². The van der Waals surface area contributed by atoms with Crippen LogP contribution in [0.15, 0.2) is 23.2 Å². The van der Waals surface area contributed by atoms with E-state index in [2.05, 4.69) is 11.1 Å². The van der Waals surface area contributed by atoms with Crippen molar-refractivity contribution in [2.45, 2.75) is 32.6 Å². The largest absolute Gasteiger partial charge is 0.490 e. The predicted molar refractivity (Wildman–Crippen MR) is 104 cm³/mol. The second kappa shape index (κ2) is 8.69. The summed E-state index contributed by atoms with van der Waals surface area (Å²) in [5, 5.41) is 19.2. The fourth-order valence-corrected chi connectivity index (χ4v) is 4.26. The van der Waals surface area contributed by atoms with E-state index in [1.54, 1.807) is 35.8 Å². The summed E-state index contributed by atoms with van der Waals surface area (Å²) in [6.07, 6.45) is 5.78. The number of aliphatic imine (C=N–C) groups is 1. The van der Waals surface area contributed by atoms with Crippen molar-refractivity contribution in [1.82, 2.24) is 0 Å². The minimum absolute atomic E-state index is 0.338. The monoisotopic (exact) mass is 384 g/mol. The first-order valence-corrected chi connectivity index (χ1v) is 9.64. The Balaban J connectivity index is 1.95. The molecule has 0 unspecified atom stereocenters. The van der Waals surface area contributed by atoms with Crippen molar-refractivity contribution >= 4 is 28.5 Å². The van der Waals surface area contributed by atoms with Crippen molar-refractivity contribution in [3.63, 3.8) is 0 Å². The van der Waals surface area contributed by atoms with Crippen LogP contribution in [0.1, 0.15) is 41.3 Å². The van der Waals surface area contributed by atoms with Crippen molar-refractivity contribution in [2.24, 2.45) is 4.99 Å². The van der Waals surface area contributed by atoms with Crippen LogP contribution in [0.2, 0.25) is 0 Å². The Morgan fingerprint density at radius 3 is 2.93 bits per heavy atom. The van der Waals surface area contributed by atoms with Crippen LogP contribution in [0.3, 0.4) is 0 Å². The molecule has 0 saturated heterocycles. The number of aryl methyl sites for hydroxylation is 1. The molecule has 1 aromatic heterocycles. The second-order valence-corrected chi connectivity index (χ2v) is 7.13. The molecule has 0 spiro atoms. The van der Waals surface area contributed by atoms with Crippen molar-refractivity contribution in [1.29, 1.82) is 5.26 Å². The number of carbonyl (C=O) groups is 1. The first kappa shape index (κ1) is 18.9. The molecule has 1 aliphatic carbocycles. The summed E-state index contributed by atoms with van der Waals surface area (Å²) in [5.41, 5.74) is 2.39. The Bertz CT molecular complexity index is 911. The van der Waals surface area contributed by atoms with Gasteiger partial charge in [-0.1, -0.05) is 6.07 Å². The van der Waals surface area contributed by atoms with Gasteiger partial charge in [-0.15, -0.1) is 11.3 Å². The number of nitrogens with zero attached hydrogens (tertiary/aromatic N) is 2.